The minimum Gasteiger partial charge on any atom is -0.198 e. The number of hydrogen-bond donors (Lipinski definition) is 0. The van der Waals surface area contributed by atoms with Crippen LogP contribution >= 0.6 is 0 Å². The smallest absolute Gasteiger partial charge is 0.198 e. The molecule has 0 aliphatic carbocycles. The Balaban J connectivity index is 1.58. The van der Waals surface area contributed by atoms with E-state index in [2.05, 4.69) is 111 Å². The van der Waals surface area contributed by atoms with E-state index in [4.69, 9.17) is 0 Å². The summed E-state index contributed by atoms with van der Waals surface area (Å²) in [6.07, 6.45) is 2.74. The zero-order valence-corrected chi connectivity index (χ0v) is 21.8. The Kier molecular flexibility index (Phi) is 5.74. The van der Waals surface area contributed by atoms with Crippen LogP contribution < -0.4 is 4.57 Å². The van der Waals surface area contributed by atoms with Crippen molar-refractivity contribution >= 4 is 18.8 Å². The van der Waals surface area contributed by atoms with Gasteiger partial charge in [0.2, 0.25) is 5.69 Å². The normalized spacial score (nSPS) is 16.3. The van der Waals surface area contributed by atoms with E-state index in [-0.39, 0.29) is 0 Å². The highest BCUT2D eigenvalue weighted by atomic mass is 28.3. The highest BCUT2D eigenvalue weighted by Crippen LogP contribution is 2.40. The molecular weight excluding hydrogens is 414 g/mol. The average Bonchev–Trinajstić information content (AvgIpc) is 2.81. The van der Waals surface area contributed by atoms with E-state index in [1.807, 2.05) is 0 Å². The van der Waals surface area contributed by atoms with Crippen molar-refractivity contribution in [3.63, 3.8) is 0 Å². The third-order valence-electron chi connectivity index (χ3n) is 7.96. The standard InChI is InChI=1S/C31H36NSi/c1-22-19-26(24-9-7-6-8-10-24)11-13-29(22)31-30-14-12-27(21-28(30)20-23(2)32(31)3)25-15-17-33(4,5)18-16-25/h6-14,19-21,25H,15-18H2,1-5H3/q+1. The molecule has 5 rings (SSSR count). The first-order chi connectivity index (χ1) is 15.8. The van der Waals surface area contributed by atoms with E-state index < -0.39 is 8.07 Å². The summed E-state index contributed by atoms with van der Waals surface area (Å²) in [6, 6.07) is 30.2. The summed E-state index contributed by atoms with van der Waals surface area (Å²) in [7, 11) is 1.28. The minimum atomic E-state index is -0.927. The Labute approximate surface area is 200 Å². The Hall–Kier alpha value is -2.71. The zero-order chi connectivity index (χ0) is 23.2. The van der Waals surface area contributed by atoms with Crippen molar-refractivity contribution in [1.82, 2.24) is 0 Å². The molecule has 168 valence electrons. The minimum absolute atomic E-state index is 0.736. The molecule has 0 unspecified atom stereocenters. The quantitative estimate of drug-likeness (QED) is 0.219. The maximum absolute atomic E-state index is 2.56. The van der Waals surface area contributed by atoms with Gasteiger partial charge in [0.1, 0.15) is 7.05 Å². The highest BCUT2D eigenvalue weighted by Gasteiger charge is 2.29. The fourth-order valence-corrected chi connectivity index (χ4v) is 8.16. The zero-order valence-electron chi connectivity index (χ0n) is 20.8. The third kappa shape index (κ3) is 4.29. The number of benzene rings is 3. The van der Waals surface area contributed by atoms with Crippen LogP contribution in [0.25, 0.3) is 33.2 Å². The van der Waals surface area contributed by atoms with Crippen LogP contribution in [0.15, 0.2) is 72.8 Å². The van der Waals surface area contributed by atoms with Gasteiger partial charge in [0, 0.05) is 26.6 Å². The van der Waals surface area contributed by atoms with Crippen molar-refractivity contribution in [2.24, 2.45) is 7.05 Å². The van der Waals surface area contributed by atoms with Crippen LogP contribution in [-0.4, -0.2) is 8.07 Å². The largest absolute Gasteiger partial charge is 0.220 e. The van der Waals surface area contributed by atoms with Crippen molar-refractivity contribution in [2.45, 2.75) is 57.8 Å². The van der Waals surface area contributed by atoms with Crippen LogP contribution in [0, 0.1) is 13.8 Å². The lowest BCUT2D eigenvalue weighted by molar-refractivity contribution is -0.665. The van der Waals surface area contributed by atoms with Crippen molar-refractivity contribution < 1.29 is 4.57 Å². The second kappa shape index (κ2) is 8.57. The third-order valence-corrected chi connectivity index (χ3v) is 11.2. The molecule has 0 spiro atoms. The van der Waals surface area contributed by atoms with Gasteiger partial charge < -0.3 is 0 Å². The summed E-state index contributed by atoms with van der Waals surface area (Å²) >= 11 is 0. The van der Waals surface area contributed by atoms with Crippen LogP contribution in [0.1, 0.15) is 35.6 Å². The first kappa shape index (κ1) is 22.1. The number of pyridine rings is 1. The van der Waals surface area contributed by atoms with E-state index in [1.54, 1.807) is 5.56 Å². The summed E-state index contributed by atoms with van der Waals surface area (Å²) in [5.41, 5.74) is 9.37. The second-order valence-electron chi connectivity index (χ2n) is 10.9. The highest BCUT2D eigenvalue weighted by molar-refractivity contribution is 6.77. The Bertz CT molecular complexity index is 1310. The predicted octanol–water partition coefficient (Wildman–Crippen LogP) is 8.20. The molecule has 0 atom stereocenters. The molecule has 33 heavy (non-hydrogen) atoms. The predicted molar refractivity (Wildman–Crippen MR) is 145 cm³/mol. The summed E-state index contributed by atoms with van der Waals surface area (Å²) < 4.78 is 2.36. The van der Waals surface area contributed by atoms with E-state index in [9.17, 15) is 0 Å². The molecule has 1 saturated heterocycles. The van der Waals surface area contributed by atoms with Gasteiger partial charge in [-0.05, 0) is 65.5 Å². The van der Waals surface area contributed by atoms with E-state index in [0.29, 0.717) is 0 Å². The Morgan fingerprint density at radius 1 is 0.788 bits per heavy atom. The molecule has 0 saturated carbocycles. The average molecular weight is 451 g/mol. The van der Waals surface area contributed by atoms with Gasteiger partial charge in [0.15, 0.2) is 5.69 Å². The van der Waals surface area contributed by atoms with E-state index in [0.717, 1.165) is 5.92 Å². The Morgan fingerprint density at radius 3 is 2.21 bits per heavy atom. The van der Waals surface area contributed by atoms with Gasteiger partial charge in [-0.25, -0.2) is 0 Å². The number of aromatic nitrogens is 1. The molecule has 2 heterocycles. The van der Waals surface area contributed by atoms with Gasteiger partial charge in [-0.15, -0.1) is 0 Å². The number of nitrogens with zero attached hydrogens (tertiary/aromatic N) is 1. The fourth-order valence-electron chi connectivity index (χ4n) is 5.65. The maximum atomic E-state index is 2.56. The van der Waals surface area contributed by atoms with Crippen LogP contribution in [-0.2, 0) is 7.05 Å². The molecular formula is C31H36NSi+. The summed E-state index contributed by atoms with van der Waals surface area (Å²) in [5.74, 6) is 0.736. The molecule has 1 aromatic heterocycles. The number of fused-ring (bicyclic) bond motifs is 1. The number of rotatable bonds is 3. The van der Waals surface area contributed by atoms with Gasteiger partial charge in [-0.2, -0.15) is 4.57 Å². The fraction of sp³-hybridized carbons (Fsp3) is 0.323. The second-order valence-corrected chi connectivity index (χ2v) is 16.2. The summed E-state index contributed by atoms with van der Waals surface area (Å²) in [4.78, 5) is 0. The lowest BCUT2D eigenvalue weighted by atomic mass is 9.90. The molecule has 3 aromatic carbocycles. The van der Waals surface area contributed by atoms with Gasteiger partial charge in [-0.1, -0.05) is 79.8 Å². The van der Waals surface area contributed by atoms with E-state index in [1.165, 1.54) is 69.3 Å². The van der Waals surface area contributed by atoms with Crippen molar-refractivity contribution in [3.05, 3.63) is 89.6 Å². The molecule has 1 aliphatic rings. The lowest BCUT2D eigenvalue weighted by Gasteiger charge is -2.33. The molecule has 0 bridgehead atoms. The number of aryl methyl sites for hydroxylation is 2. The SMILES string of the molecule is Cc1cc(-c2ccccc2)ccc1-c1c2ccc(C3CC[Si](C)(C)CC3)cc2cc(C)[n+]1C. The number of hydrogen-bond acceptors (Lipinski definition) is 0. The van der Waals surface area contributed by atoms with Gasteiger partial charge in [0.25, 0.3) is 0 Å². The van der Waals surface area contributed by atoms with Crippen molar-refractivity contribution in [1.29, 1.82) is 0 Å². The lowest BCUT2D eigenvalue weighted by Crippen LogP contribution is -2.35. The molecule has 1 fully saturated rings. The van der Waals surface area contributed by atoms with Gasteiger partial charge in [-0.3, -0.25) is 0 Å². The molecule has 4 aromatic rings. The topological polar surface area (TPSA) is 3.88 Å². The van der Waals surface area contributed by atoms with Crippen molar-refractivity contribution in [2.75, 3.05) is 0 Å². The van der Waals surface area contributed by atoms with Crippen molar-refractivity contribution in [3.8, 4) is 22.4 Å². The van der Waals surface area contributed by atoms with Crippen LogP contribution in [0.3, 0.4) is 0 Å². The maximum Gasteiger partial charge on any atom is 0.220 e. The molecule has 0 N–H and O–H groups in total. The molecule has 0 amide bonds. The van der Waals surface area contributed by atoms with Crippen LogP contribution in [0.2, 0.25) is 25.2 Å². The van der Waals surface area contributed by atoms with Gasteiger partial charge >= 0.3 is 0 Å². The van der Waals surface area contributed by atoms with Crippen LogP contribution in [0.4, 0.5) is 0 Å². The first-order valence-electron chi connectivity index (χ1n) is 12.4. The summed E-state index contributed by atoms with van der Waals surface area (Å²) in [6.45, 7) is 9.60. The first-order valence-corrected chi connectivity index (χ1v) is 15.8. The molecule has 1 aliphatic heterocycles. The van der Waals surface area contributed by atoms with E-state index >= 15 is 0 Å². The van der Waals surface area contributed by atoms with Crippen LogP contribution in [0.5, 0.6) is 0 Å². The summed E-state index contributed by atoms with van der Waals surface area (Å²) in [5, 5.41) is 2.74. The Morgan fingerprint density at radius 2 is 1.52 bits per heavy atom. The monoisotopic (exact) mass is 450 g/mol. The molecule has 0 radical (unpaired) electrons. The molecule has 2 heteroatoms. The van der Waals surface area contributed by atoms with Gasteiger partial charge in [0.05, 0.1) is 5.39 Å². The molecule has 1 nitrogen and oxygen atoms in total.